The second kappa shape index (κ2) is 7.36. The fourth-order valence-corrected chi connectivity index (χ4v) is 1.47. The van der Waals surface area contributed by atoms with Gasteiger partial charge in [0.25, 0.3) is 0 Å². The summed E-state index contributed by atoms with van der Waals surface area (Å²) in [5.41, 5.74) is 1.21. The molecule has 0 aromatic heterocycles. The van der Waals surface area contributed by atoms with Crippen molar-refractivity contribution in [3.8, 4) is 5.75 Å². The van der Waals surface area contributed by atoms with Crippen molar-refractivity contribution in [3.05, 3.63) is 41.4 Å². The maximum absolute atomic E-state index is 5.65. The third-order valence-electron chi connectivity index (χ3n) is 2.18. The molecule has 1 rings (SSSR count). The van der Waals surface area contributed by atoms with Crippen LogP contribution in [0.4, 0.5) is 0 Å². The molecule has 0 atom stereocenters. The molecule has 0 fully saturated rings. The molecule has 17 heavy (non-hydrogen) atoms. The maximum Gasteiger partial charge on any atom is 0.123 e. The van der Waals surface area contributed by atoms with Gasteiger partial charge >= 0.3 is 0 Å². The van der Waals surface area contributed by atoms with E-state index in [4.69, 9.17) is 16.3 Å². The third-order valence-corrected chi connectivity index (χ3v) is 2.28. The lowest BCUT2D eigenvalue weighted by molar-refractivity contribution is 0.359. The Bertz CT molecular complexity index is 363. The molecule has 0 saturated heterocycles. The van der Waals surface area contributed by atoms with Crippen molar-refractivity contribution in [1.82, 2.24) is 5.32 Å². The molecule has 0 aliphatic rings. The van der Waals surface area contributed by atoms with Crippen LogP contribution < -0.4 is 10.1 Å². The summed E-state index contributed by atoms with van der Waals surface area (Å²) in [5, 5.41) is 3.90. The van der Waals surface area contributed by atoms with Crippen LogP contribution >= 0.6 is 11.6 Å². The van der Waals surface area contributed by atoms with Gasteiger partial charge in [-0.3, -0.25) is 0 Å². The van der Waals surface area contributed by atoms with Crippen molar-refractivity contribution < 1.29 is 4.74 Å². The summed E-state index contributed by atoms with van der Waals surface area (Å²) in [6, 6.07) is 8.01. The van der Waals surface area contributed by atoms with Crippen molar-refractivity contribution in [2.24, 2.45) is 5.92 Å². The molecule has 0 aliphatic carbocycles. The Labute approximate surface area is 109 Å². The zero-order valence-corrected chi connectivity index (χ0v) is 11.3. The van der Waals surface area contributed by atoms with Gasteiger partial charge in [-0.05, 0) is 30.2 Å². The third kappa shape index (κ3) is 6.35. The topological polar surface area (TPSA) is 21.3 Å². The first-order valence-electron chi connectivity index (χ1n) is 5.83. The van der Waals surface area contributed by atoms with Gasteiger partial charge in [0.2, 0.25) is 0 Å². The average Bonchev–Trinajstić information content (AvgIpc) is 2.26. The SMILES string of the molecule is C=C(Cl)COc1cccc(CNCC(C)C)c1. The van der Waals surface area contributed by atoms with Crippen LogP contribution in [0.3, 0.4) is 0 Å². The molecule has 1 N–H and O–H groups in total. The Hall–Kier alpha value is -0.990. The zero-order valence-electron chi connectivity index (χ0n) is 10.5. The van der Waals surface area contributed by atoms with Gasteiger partial charge in [0.05, 0.1) is 0 Å². The van der Waals surface area contributed by atoms with Crippen LogP contribution in [0.2, 0.25) is 0 Å². The quantitative estimate of drug-likeness (QED) is 0.802. The lowest BCUT2D eigenvalue weighted by atomic mass is 10.2. The average molecular weight is 254 g/mol. The molecular weight excluding hydrogens is 234 g/mol. The van der Waals surface area contributed by atoms with E-state index < -0.39 is 0 Å². The van der Waals surface area contributed by atoms with Gasteiger partial charge in [0.15, 0.2) is 0 Å². The largest absolute Gasteiger partial charge is 0.488 e. The number of hydrogen-bond acceptors (Lipinski definition) is 2. The van der Waals surface area contributed by atoms with E-state index in [2.05, 4.69) is 31.8 Å². The molecule has 3 heteroatoms. The fourth-order valence-electron chi connectivity index (χ4n) is 1.41. The molecule has 0 aliphatic heterocycles. The van der Waals surface area contributed by atoms with E-state index in [0.717, 1.165) is 18.8 Å². The number of benzene rings is 1. The number of ether oxygens (including phenoxy) is 1. The van der Waals surface area contributed by atoms with Gasteiger partial charge in [-0.2, -0.15) is 0 Å². The smallest absolute Gasteiger partial charge is 0.123 e. The number of hydrogen-bond donors (Lipinski definition) is 1. The Morgan fingerprint density at radius 1 is 1.47 bits per heavy atom. The van der Waals surface area contributed by atoms with E-state index >= 15 is 0 Å². The molecule has 0 radical (unpaired) electrons. The fraction of sp³-hybridized carbons (Fsp3) is 0.429. The van der Waals surface area contributed by atoms with Crippen LogP contribution in [0.1, 0.15) is 19.4 Å². The second-order valence-electron chi connectivity index (χ2n) is 4.48. The Morgan fingerprint density at radius 3 is 2.88 bits per heavy atom. The predicted octanol–water partition coefficient (Wildman–Crippen LogP) is 3.56. The van der Waals surface area contributed by atoms with Crippen LogP contribution in [0, 0.1) is 5.92 Å². The summed E-state index contributed by atoms with van der Waals surface area (Å²) in [6.07, 6.45) is 0. The van der Waals surface area contributed by atoms with Crippen LogP contribution in [-0.4, -0.2) is 13.2 Å². The lowest BCUT2D eigenvalue weighted by Gasteiger charge is -2.09. The van der Waals surface area contributed by atoms with Crippen molar-refractivity contribution >= 4 is 11.6 Å². The van der Waals surface area contributed by atoms with Crippen molar-refractivity contribution in [3.63, 3.8) is 0 Å². The minimum Gasteiger partial charge on any atom is -0.488 e. The van der Waals surface area contributed by atoms with E-state index in [9.17, 15) is 0 Å². The lowest BCUT2D eigenvalue weighted by Crippen LogP contribution is -2.18. The van der Waals surface area contributed by atoms with Gasteiger partial charge in [0.1, 0.15) is 12.4 Å². The molecule has 0 amide bonds. The van der Waals surface area contributed by atoms with Crippen molar-refractivity contribution in [2.75, 3.05) is 13.2 Å². The summed E-state index contributed by atoms with van der Waals surface area (Å²) in [5.74, 6) is 1.49. The van der Waals surface area contributed by atoms with Gasteiger partial charge in [-0.15, -0.1) is 0 Å². The van der Waals surface area contributed by atoms with Gasteiger partial charge in [-0.25, -0.2) is 0 Å². The van der Waals surface area contributed by atoms with E-state index in [-0.39, 0.29) is 0 Å². The summed E-state index contributed by atoms with van der Waals surface area (Å²) in [7, 11) is 0. The first-order chi connectivity index (χ1) is 8.08. The van der Waals surface area contributed by atoms with Crippen LogP contribution in [0.25, 0.3) is 0 Å². The minimum atomic E-state index is 0.352. The first-order valence-corrected chi connectivity index (χ1v) is 6.21. The van der Waals surface area contributed by atoms with Gasteiger partial charge in [0, 0.05) is 11.6 Å². The highest BCUT2D eigenvalue weighted by atomic mass is 35.5. The molecule has 0 saturated carbocycles. The number of nitrogens with one attached hydrogen (secondary N) is 1. The van der Waals surface area contributed by atoms with E-state index in [1.807, 2.05) is 18.2 Å². The molecule has 1 aromatic rings. The molecule has 94 valence electrons. The number of rotatable bonds is 7. The van der Waals surface area contributed by atoms with E-state index in [1.165, 1.54) is 5.56 Å². The zero-order chi connectivity index (χ0) is 12.7. The Morgan fingerprint density at radius 2 is 2.24 bits per heavy atom. The van der Waals surface area contributed by atoms with E-state index in [0.29, 0.717) is 17.6 Å². The summed E-state index contributed by atoms with van der Waals surface area (Å²) >= 11 is 5.65. The molecular formula is C14H20ClNO. The molecule has 0 heterocycles. The summed E-state index contributed by atoms with van der Waals surface area (Å²) in [6.45, 7) is 10.2. The summed E-state index contributed by atoms with van der Waals surface area (Å²) < 4.78 is 5.48. The normalized spacial score (nSPS) is 10.6. The monoisotopic (exact) mass is 253 g/mol. The van der Waals surface area contributed by atoms with Crippen LogP contribution in [0.5, 0.6) is 5.75 Å². The Kier molecular flexibility index (Phi) is 6.09. The highest BCUT2D eigenvalue weighted by Crippen LogP contribution is 2.14. The highest BCUT2D eigenvalue weighted by Gasteiger charge is 1.98. The van der Waals surface area contributed by atoms with Crippen molar-refractivity contribution in [2.45, 2.75) is 20.4 Å². The first kappa shape index (κ1) is 14.1. The minimum absolute atomic E-state index is 0.352. The van der Waals surface area contributed by atoms with Crippen LogP contribution in [0.15, 0.2) is 35.9 Å². The van der Waals surface area contributed by atoms with Gasteiger partial charge in [-0.1, -0.05) is 44.2 Å². The second-order valence-corrected chi connectivity index (χ2v) is 5.01. The van der Waals surface area contributed by atoms with Gasteiger partial charge < -0.3 is 10.1 Å². The maximum atomic E-state index is 5.65. The number of halogens is 1. The van der Waals surface area contributed by atoms with Crippen LogP contribution in [-0.2, 0) is 6.54 Å². The standard InChI is InChI=1S/C14H20ClNO/c1-11(2)8-16-9-13-5-4-6-14(7-13)17-10-12(3)15/h4-7,11,16H,3,8-10H2,1-2H3. The highest BCUT2D eigenvalue weighted by molar-refractivity contribution is 6.29. The van der Waals surface area contributed by atoms with E-state index in [1.54, 1.807) is 0 Å². The Balaban J connectivity index is 2.45. The summed E-state index contributed by atoms with van der Waals surface area (Å²) in [4.78, 5) is 0. The molecule has 2 nitrogen and oxygen atoms in total. The molecule has 0 spiro atoms. The molecule has 0 unspecified atom stereocenters. The predicted molar refractivity (Wildman–Crippen MR) is 73.5 cm³/mol. The molecule has 1 aromatic carbocycles. The van der Waals surface area contributed by atoms with Crippen molar-refractivity contribution in [1.29, 1.82) is 0 Å². The molecule has 0 bridgehead atoms.